The van der Waals surface area contributed by atoms with Crippen LogP contribution in [0.25, 0.3) is 0 Å². The summed E-state index contributed by atoms with van der Waals surface area (Å²) in [7, 11) is -2.86. The van der Waals surface area contributed by atoms with Gasteiger partial charge in [-0.15, -0.1) is 0 Å². The molecule has 3 rings (SSSR count). The smallest absolute Gasteiger partial charge is 0.224 e. The molecule has 3 nitrogen and oxygen atoms in total. The van der Waals surface area contributed by atoms with Gasteiger partial charge >= 0.3 is 0 Å². The average Bonchev–Trinajstić information content (AvgIpc) is 2.68. The molecule has 0 amide bonds. The Morgan fingerprint density at radius 2 is 1.50 bits per heavy atom. The number of benzene rings is 3. The van der Waals surface area contributed by atoms with Crippen LogP contribution in [0, 0.1) is 20.8 Å². The first-order valence-electron chi connectivity index (χ1n) is 8.87. The summed E-state index contributed by atoms with van der Waals surface area (Å²) >= 11 is 6.20. The maximum Gasteiger partial charge on any atom is 0.224 e. The summed E-state index contributed by atoms with van der Waals surface area (Å²) < 4.78 is 13.3. The first-order valence-corrected chi connectivity index (χ1v) is 10.7. The molecule has 0 saturated heterocycles. The molecule has 1 unspecified atom stereocenters. The summed E-state index contributed by atoms with van der Waals surface area (Å²) in [4.78, 5) is 25.9. The van der Waals surface area contributed by atoms with Crippen LogP contribution in [0.15, 0.2) is 60.7 Å². The van der Waals surface area contributed by atoms with Gasteiger partial charge in [0.25, 0.3) is 0 Å². The summed E-state index contributed by atoms with van der Waals surface area (Å²) in [5.74, 6) is -0.157. The minimum Gasteiger partial charge on any atom is -0.313 e. The molecular formula is C23H20ClO3P. The SMILES string of the molecule is Cc1cccc(Cl)c1C(=O)[PH](=O)c1c(C)ccc(C(=O)c2ccccc2)c1C. The molecule has 0 bridgehead atoms. The molecule has 0 aliphatic heterocycles. The zero-order chi connectivity index (χ0) is 20.4. The summed E-state index contributed by atoms with van der Waals surface area (Å²) in [6.07, 6.45) is 0. The molecule has 0 aliphatic rings. The van der Waals surface area contributed by atoms with Crippen LogP contribution < -0.4 is 5.30 Å². The Kier molecular flexibility index (Phi) is 5.98. The van der Waals surface area contributed by atoms with Crippen LogP contribution in [-0.4, -0.2) is 11.3 Å². The van der Waals surface area contributed by atoms with Gasteiger partial charge in [0.2, 0.25) is 5.52 Å². The first-order chi connectivity index (χ1) is 13.3. The fourth-order valence-electron chi connectivity index (χ4n) is 3.33. The molecule has 3 aromatic rings. The largest absolute Gasteiger partial charge is 0.313 e. The normalized spacial score (nSPS) is 11.9. The minimum atomic E-state index is -2.86. The highest BCUT2D eigenvalue weighted by Gasteiger charge is 2.25. The zero-order valence-corrected chi connectivity index (χ0v) is 17.6. The second kappa shape index (κ2) is 8.26. The van der Waals surface area contributed by atoms with Crippen molar-refractivity contribution in [3.05, 3.63) is 99.1 Å². The topological polar surface area (TPSA) is 51.2 Å². The van der Waals surface area contributed by atoms with Crippen LogP contribution in [0.1, 0.15) is 43.0 Å². The van der Waals surface area contributed by atoms with E-state index in [4.69, 9.17) is 11.6 Å². The average molecular weight is 411 g/mol. The first kappa shape index (κ1) is 20.3. The standard InChI is InChI=1S/C23H20ClO3P/c1-14-8-7-11-19(24)20(14)23(26)28(27)22-15(2)12-13-18(16(22)3)21(25)17-9-5-4-6-10-17/h4-13,28H,1-3H3. The van der Waals surface area contributed by atoms with Crippen LogP contribution in [0.2, 0.25) is 5.02 Å². The van der Waals surface area contributed by atoms with E-state index < -0.39 is 13.3 Å². The Morgan fingerprint density at radius 1 is 0.821 bits per heavy atom. The van der Waals surface area contributed by atoms with Crippen molar-refractivity contribution in [3.63, 3.8) is 0 Å². The summed E-state index contributed by atoms with van der Waals surface area (Å²) in [6.45, 7) is 5.31. The lowest BCUT2D eigenvalue weighted by atomic mass is 9.97. The lowest BCUT2D eigenvalue weighted by molar-refractivity contribution is 0.103. The van der Waals surface area contributed by atoms with Crippen molar-refractivity contribution in [1.29, 1.82) is 0 Å². The molecule has 1 atom stereocenters. The predicted molar refractivity (Wildman–Crippen MR) is 115 cm³/mol. The maximum atomic E-state index is 13.3. The van der Waals surface area contributed by atoms with E-state index in [1.54, 1.807) is 75.4 Å². The van der Waals surface area contributed by atoms with Crippen molar-refractivity contribution < 1.29 is 14.2 Å². The van der Waals surface area contributed by atoms with Crippen molar-refractivity contribution in [2.24, 2.45) is 0 Å². The molecule has 142 valence electrons. The van der Waals surface area contributed by atoms with Gasteiger partial charge in [0.15, 0.2) is 13.6 Å². The van der Waals surface area contributed by atoms with Crippen molar-refractivity contribution in [2.75, 3.05) is 0 Å². The Labute approximate surface area is 170 Å². The number of carbonyl (C=O) groups is 2. The van der Waals surface area contributed by atoms with Crippen molar-refractivity contribution in [1.82, 2.24) is 0 Å². The summed E-state index contributed by atoms with van der Waals surface area (Å²) in [5.41, 5.74) is 2.79. The third-order valence-corrected chi connectivity index (χ3v) is 7.04. The van der Waals surface area contributed by atoms with E-state index in [0.29, 0.717) is 27.6 Å². The highest BCUT2D eigenvalue weighted by Crippen LogP contribution is 2.34. The monoisotopic (exact) mass is 410 g/mol. The van der Waals surface area contributed by atoms with Gasteiger partial charge in [0.1, 0.15) is 0 Å². The maximum absolute atomic E-state index is 13.3. The molecule has 0 spiro atoms. The zero-order valence-electron chi connectivity index (χ0n) is 15.9. The third-order valence-electron chi connectivity index (χ3n) is 4.84. The van der Waals surface area contributed by atoms with Gasteiger partial charge in [0, 0.05) is 22.0 Å². The van der Waals surface area contributed by atoms with Gasteiger partial charge < -0.3 is 4.57 Å². The van der Waals surface area contributed by atoms with Gasteiger partial charge in [0.05, 0.1) is 5.02 Å². The molecule has 28 heavy (non-hydrogen) atoms. The Bertz CT molecular complexity index is 1080. The molecular weight excluding hydrogens is 391 g/mol. The van der Waals surface area contributed by atoms with Crippen LogP contribution in [-0.2, 0) is 4.57 Å². The van der Waals surface area contributed by atoms with Crippen LogP contribution >= 0.6 is 19.4 Å². The fraction of sp³-hybridized carbons (Fsp3) is 0.130. The molecule has 0 heterocycles. The quantitative estimate of drug-likeness (QED) is 0.411. The second-order valence-electron chi connectivity index (χ2n) is 6.72. The van der Waals surface area contributed by atoms with Gasteiger partial charge in [-0.3, -0.25) is 9.59 Å². The van der Waals surface area contributed by atoms with Gasteiger partial charge in [-0.1, -0.05) is 66.2 Å². The highest BCUT2D eigenvalue weighted by atomic mass is 35.5. The summed E-state index contributed by atoms with van der Waals surface area (Å²) in [6, 6.07) is 17.5. The van der Waals surface area contributed by atoms with E-state index in [0.717, 1.165) is 5.56 Å². The molecule has 0 fully saturated rings. The van der Waals surface area contributed by atoms with Crippen molar-refractivity contribution in [2.45, 2.75) is 20.8 Å². The molecule has 0 radical (unpaired) electrons. The van der Waals surface area contributed by atoms with Gasteiger partial charge in [-0.25, -0.2) is 0 Å². The van der Waals surface area contributed by atoms with E-state index in [1.807, 2.05) is 6.07 Å². The molecule has 5 heteroatoms. The number of carbonyl (C=O) groups excluding carboxylic acids is 2. The van der Waals surface area contributed by atoms with Gasteiger partial charge in [-0.2, -0.15) is 0 Å². The minimum absolute atomic E-state index is 0.157. The molecule has 3 aromatic carbocycles. The molecule has 0 aromatic heterocycles. The number of ketones is 1. The van der Waals surface area contributed by atoms with E-state index in [1.165, 1.54) is 0 Å². The summed E-state index contributed by atoms with van der Waals surface area (Å²) in [5, 5.41) is 0.728. The number of hydrogen-bond acceptors (Lipinski definition) is 3. The van der Waals surface area contributed by atoms with E-state index >= 15 is 0 Å². The molecule has 0 N–H and O–H groups in total. The molecule has 0 aliphatic carbocycles. The Hall–Kier alpha value is -2.48. The van der Waals surface area contributed by atoms with Crippen molar-refractivity contribution in [3.8, 4) is 0 Å². The van der Waals surface area contributed by atoms with Crippen LogP contribution in [0.5, 0.6) is 0 Å². The highest BCUT2D eigenvalue weighted by molar-refractivity contribution is 7.71. The lowest BCUT2D eigenvalue weighted by Gasteiger charge is -2.15. The van der Waals surface area contributed by atoms with Crippen molar-refractivity contribution >= 4 is 36.0 Å². The lowest BCUT2D eigenvalue weighted by Crippen LogP contribution is -2.17. The second-order valence-corrected chi connectivity index (χ2v) is 8.73. The number of aryl methyl sites for hydroxylation is 2. The number of halogens is 1. The number of rotatable bonds is 5. The Morgan fingerprint density at radius 3 is 2.14 bits per heavy atom. The fourth-order valence-corrected chi connectivity index (χ4v) is 5.42. The number of hydrogen-bond donors (Lipinski definition) is 0. The van der Waals surface area contributed by atoms with E-state index in [-0.39, 0.29) is 16.4 Å². The predicted octanol–water partition coefficient (Wildman–Crippen LogP) is 5.52. The van der Waals surface area contributed by atoms with E-state index in [9.17, 15) is 14.2 Å². The van der Waals surface area contributed by atoms with Crippen LogP contribution in [0.3, 0.4) is 0 Å². The third kappa shape index (κ3) is 3.73. The molecule has 0 saturated carbocycles. The van der Waals surface area contributed by atoms with Crippen LogP contribution in [0.4, 0.5) is 0 Å². The van der Waals surface area contributed by atoms with Gasteiger partial charge in [-0.05, 0) is 43.5 Å². The van der Waals surface area contributed by atoms with E-state index in [2.05, 4.69) is 0 Å². The Balaban J connectivity index is 2.08.